The molecule has 0 bridgehead atoms. The van der Waals surface area contributed by atoms with Crippen LogP contribution in [-0.4, -0.2) is 37.9 Å². The predicted octanol–water partition coefficient (Wildman–Crippen LogP) is 3.43. The Labute approximate surface area is 175 Å². The summed E-state index contributed by atoms with van der Waals surface area (Å²) in [5.74, 6) is -1.50. The average Bonchev–Trinajstić information content (AvgIpc) is 2.71. The van der Waals surface area contributed by atoms with Crippen molar-refractivity contribution >= 4 is 35.1 Å². The van der Waals surface area contributed by atoms with Gasteiger partial charge < -0.3 is 15.0 Å². The van der Waals surface area contributed by atoms with Crippen molar-refractivity contribution in [2.24, 2.45) is 0 Å². The number of carbonyl (C=O) groups excluding carboxylic acids is 3. The first-order chi connectivity index (χ1) is 14.2. The highest BCUT2D eigenvalue weighted by atomic mass is 16.5. The van der Waals surface area contributed by atoms with Gasteiger partial charge in [0.15, 0.2) is 6.10 Å². The number of nitrogens with zero attached hydrogens (tertiary/aromatic N) is 2. The van der Waals surface area contributed by atoms with Gasteiger partial charge in [0.25, 0.3) is 0 Å². The highest BCUT2D eigenvalue weighted by Crippen LogP contribution is 2.16. The number of esters is 1. The van der Waals surface area contributed by atoms with Gasteiger partial charge in [-0.15, -0.1) is 0 Å². The lowest BCUT2D eigenvalue weighted by Crippen LogP contribution is -2.25. The largest absolute Gasteiger partial charge is 0.450 e. The zero-order chi connectivity index (χ0) is 22.3. The number of benzene rings is 2. The van der Waals surface area contributed by atoms with Crippen LogP contribution in [-0.2, 0) is 14.3 Å². The minimum absolute atomic E-state index is 0.201. The quantitative estimate of drug-likeness (QED) is 0.328. The van der Waals surface area contributed by atoms with Gasteiger partial charge in [-0.05, 0) is 55.0 Å². The summed E-state index contributed by atoms with van der Waals surface area (Å²) in [5, 5.41) is 11.9. The summed E-state index contributed by atoms with van der Waals surface area (Å²) >= 11 is 0. The fraction of sp³-hybridized carbons (Fsp3) is 0.217. The van der Waals surface area contributed by atoms with Crippen LogP contribution in [0.25, 0.3) is 6.08 Å². The van der Waals surface area contributed by atoms with Crippen molar-refractivity contribution in [3.8, 4) is 6.07 Å². The van der Waals surface area contributed by atoms with Crippen LogP contribution in [0.1, 0.15) is 29.8 Å². The number of anilines is 2. The van der Waals surface area contributed by atoms with E-state index in [9.17, 15) is 19.6 Å². The third-order valence-electron chi connectivity index (χ3n) is 4.20. The fourth-order valence-electron chi connectivity index (χ4n) is 2.61. The molecule has 1 atom stereocenters. The van der Waals surface area contributed by atoms with E-state index in [1.807, 2.05) is 37.2 Å². The van der Waals surface area contributed by atoms with Crippen molar-refractivity contribution in [2.75, 3.05) is 24.3 Å². The average molecular weight is 405 g/mol. The smallest absolute Gasteiger partial charge is 0.349 e. The lowest BCUT2D eigenvalue weighted by atomic mass is 10.1. The van der Waals surface area contributed by atoms with E-state index in [2.05, 4.69) is 5.32 Å². The number of rotatable bonds is 7. The molecule has 0 aromatic heterocycles. The third-order valence-corrected chi connectivity index (χ3v) is 4.20. The van der Waals surface area contributed by atoms with Crippen LogP contribution in [0, 0.1) is 11.3 Å². The number of nitrogens with one attached hydrogen (secondary N) is 1. The van der Waals surface area contributed by atoms with Crippen LogP contribution >= 0.6 is 0 Å². The zero-order valence-corrected chi connectivity index (χ0v) is 17.3. The monoisotopic (exact) mass is 405 g/mol. The Kier molecular flexibility index (Phi) is 7.48. The Morgan fingerprint density at radius 1 is 1.07 bits per heavy atom. The van der Waals surface area contributed by atoms with E-state index in [0.29, 0.717) is 16.8 Å². The maximum Gasteiger partial charge on any atom is 0.349 e. The molecule has 0 fully saturated rings. The second-order valence-corrected chi connectivity index (χ2v) is 6.83. The van der Waals surface area contributed by atoms with Crippen LogP contribution in [0.4, 0.5) is 11.4 Å². The van der Waals surface area contributed by atoms with Gasteiger partial charge in [-0.2, -0.15) is 5.26 Å². The number of ether oxygens (including phenoxy) is 1. The van der Waals surface area contributed by atoms with E-state index < -0.39 is 17.9 Å². The Bertz CT molecular complexity index is 1000. The van der Waals surface area contributed by atoms with Crippen molar-refractivity contribution in [3.05, 3.63) is 65.2 Å². The zero-order valence-electron chi connectivity index (χ0n) is 17.3. The molecule has 0 spiro atoms. The van der Waals surface area contributed by atoms with Gasteiger partial charge in [-0.3, -0.25) is 9.59 Å². The molecule has 0 saturated heterocycles. The third kappa shape index (κ3) is 6.04. The van der Waals surface area contributed by atoms with Crippen LogP contribution in [0.3, 0.4) is 0 Å². The second kappa shape index (κ2) is 10.0. The maximum absolute atomic E-state index is 12.5. The topological polar surface area (TPSA) is 99.5 Å². The molecule has 0 aliphatic rings. The van der Waals surface area contributed by atoms with Crippen LogP contribution < -0.4 is 10.2 Å². The van der Waals surface area contributed by atoms with Crippen molar-refractivity contribution in [1.29, 1.82) is 5.26 Å². The second-order valence-electron chi connectivity index (χ2n) is 6.83. The van der Waals surface area contributed by atoms with Crippen LogP contribution in [0.5, 0.6) is 0 Å². The van der Waals surface area contributed by atoms with Gasteiger partial charge in [0.1, 0.15) is 11.6 Å². The van der Waals surface area contributed by atoms with Gasteiger partial charge in [0, 0.05) is 38.0 Å². The standard InChI is InChI=1S/C23H23N3O4/c1-15(22(28)18-7-9-20(10-8-18)25-16(2)27)30-23(29)19(14-24)13-17-5-11-21(12-6-17)26(3)4/h5-13,15H,1-4H3,(H,25,27)/b19-13+/t15-/m1/s1. The summed E-state index contributed by atoms with van der Waals surface area (Å²) in [6.45, 7) is 2.83. The van der Waals surface area contributed by atoms with Crippen molar-refractivity contribution < 1.29 is 19.1 Å². The summed E-state index contributed by atoms with van der Waals surface area (Å²) in [5.41, 5.74) is 2.33. The molecule has 1 amide bonds. The summed E-state index contributed by atoms with van der Waals surface area (Å²) in [6.07, 6.45) is 0.346. The molecular formula is C23H23N3O4. The van der Waals surface area contributed by atoms with Crippen molar-refractivity contribution in [3.63, 3.8) is 0 Å². The molecule has 7 nitrogen and oxygen atoms in total. The minimum Gasteiger partial charge on any atom is -0.450 e. The Balaban J connectivity index is 2.07. The lowest BCUT2D eigenvalue weighted by Gasteiger charge is -2.13. The number of Topliss-reactive ketones (excluding diaryl/α,β-unsaturated/α-hetero) is 1. The molecule has 2 aromatic carbocycles. The fourth-order valence-corrected chi connectivity index (χ4v) is 2.61. The van der Waals surface area contributed by atoms with Crippen molar-refractivity contribution in [2.45, 2.75) is 20.0 Å². The molecule has 154 valence electrons. The van der Waals surface area contributed by atoms with Gasteiger partial charge in [0.2, 0.25) is 11.7 Å². The number of hydrogen-bond acceptors (Lipinski definition) is 6. The van der Waals surface area contributed by atoms with Gasteiger partial charge in [0.05, 0.1) is 0 Å². The molecule has 0 unspecified atom stereocenters. The number of ketones is 1. The summed E-state index contributed by atoms with van der Waals surface area (Å²) in [6, 6.07) is 15.4. The molecule has 30 heavy (non-hydrogen) atoms. The first-order valence-corrected chi connectivity index (χ1v) is 9.23. The predicted molar refractivity (Wildman–Crippen MR) is 115 cm³/mol. The van der Waals surface area contributed by atoms with Gasteiger partial charge >= 0.3 is 5.97 Å². The molecule has 7 heteroatoms. The van der Waals surface area contributed by atoms with Gasteiger partial charge in [-0.25, -0.2) is 4.79 Å². The molecule has 1 N–H and O–H groups in total. The van der Waals surface area contributed by atoms with E-state index >= 15 is 0 Å². The van der Waals surface area contributed by atoms with Crippen molar-refractivity contribution in [1.82, 2.24) is 0 Å². The SMILES string of the molecule is CC(=O)Nc1ccc(C(=O)[C@@H](C)OC(=O)/C(C#N)=C/c2ccc(N(C)C)cc2)cc1. The van der Waals surface area contributed by atoms with E-state index in [-0.39, 0.29) is 11.5 Å². The van der Waals surface area contributed by atoms with E-state index in [0.717, 1.165) is 5.69 Å². The van der Waals surface area contributed by atoms with Crippen LogP contribution in [0.15, 0.2) is 54.1 Å². The molecular weight excluding hydrogens is 382 g/mol. The molecule has 0 heterocycles. The van der Waals surface area contributed by atoms with E-state index in [1.165, 1.54) is 32.1 Å². The lowest BCUT2D eigenvalue weighted by molar-refractivity contribution is -0.141. The summed E-state index contributed by atoms with van der Waals surface area (Å²) in [4.78, 5) is 37.9. The Morgan fingerprint density at radius 3 is 2.17 bits per heavy atom. The molecule has 0 saturated carbocycles. The number of nitriles is 1. The summed E-state index contributed by atoms with van der Waals surface area (Å²) < 4.78 is 5.19. The first-order valence-electron chi connectivity index (χ1n) is 9.23. The van der Waals surface area contributed by atoms with Crippen LogP contribution in [0.2, 0.25) is 0 Å². The maximum atomic E-state index is 12.5. The Hall–Kier alpha value is -3.92. The molecule has 0 radical (unpaired) electrons. The molecule has 0 aliphatic heterocycles. The molecule has 2 aromatic rings. The first kappa shape index (κ1) is 22.4. The van der Waals surface area contributed by atoms with E-state index in [4.69, 9.17) is 4.74 Å². The number of hydrogen-bond donors (Lipinski definition) is 1. The highest BCUT2D eigenvalue weighted by molar-refractivity contribution is 6.03. The highest BCUT2D eigenvalue weighted by Gasteiger charge is 2.22. The number of carbonyl (C=O) groups is 3. The van der Waals surface area contributed by atoms with E-state index in [1.54, 1.807) is 24.3 Å². The number of amides is 1. The summed E-state index contributed by atoms with van der Waals surface area (Å²) in [7, 11) is 3.82. The molecule has 2 rings (SSSR count). The van der Waals surface area contributed by atoms with Gasteiger partial charge in [-0.1, -0.05) is 12.1 Å². The molecule has 0 aliphatic carbocycles. The Morgan fingerprint density at radius 2 is 1.67 bits per heavy atom. The normalized spacial score (nSPS) is 11.8. The minimum atomic E-state index is -1.07.